The number of nitrogens with two attached hydrogens (primary N) is 1. The fraction of sp³-hybridized carbons (Fsp3) is 0.190. The highest BCUT2D eigenvalue weighted by Crippen LogP contribution is 2.27. The molecule has 3 rings (SSSR count). The van der Waals surface area contributed by atoms with Gasteiger partial charge in [-0.2, -0.15) is 4.98 Å². The van der Waals surface area contributed by atoms with Crippen molar-refractivity contribution in [2.45, 2.75) is 17.7 Å². The van der Waals surface area contributed by atoms with Gasteiger partial charge in [0.2, 0.25) is 5.28 Å². The number of aromatic nitrogens is 3. The fourth-order valence-electron chi connectivity index (χ4n) is 2.79. The number of ether oxygens (including phenoxy) is 1. The molecule has 0 aliphatic carbocycles. The molecule has 3 aromatic rings. The summed E-state index contributed by atoms with van der Waals surface area (Å²) in [6, 6.07) is 7.30. The third kappa shape index (κ3) is 7.47. The third-order valence-corrected chi connectivity index (χ3v) is 6.66. The Bertz CT molecular complexity index is 1250. The summed E-state index contributed by atoms with van der Waals surface area (Å²) < 4.78 is 22.2. The predicted molar refractivity (Wildman–Crippen MR) is 139 cm³/mol. The number of nitrogens with one attached hydrogen (secondary N) is 3. The summed E-state index contributed by atoms with van der Waals surface area (Å²) in [7, 11) is -3.23. The van der Waals surface area contributed by atoms with E-state index in [2.05, 4.69) is 52.1 Å². The van der Waals surface area contributed by atoms with Crippen LogP contribution in [0.5, 0.6) is 5.75 Å². The Hall–Kier alpha value is -3.09. The van der Waals surface area contributed by atoms with Gasteiger partial charge in [-0.05, 0) is 70.5 Å². The minimum Gasteiger partial charge on any atom is -0.492 e. The van der Waals surface area contributed by atoms with Crippen molar-refractivity contribution in [3.05, 3.63) is 58.7 Å². The number of anilines is 3. The summed E-state index contributed by atoms with van der Waals surface area (Å²) in [5, 5.41) is 5.88. The lowest BCUT2D eigenvalue weighted by molar-refractivity contribution is 0.257. The second-order valence-electron chi connectivity index (χ2n) is 7.00. The van der Waals surface area contributed by atoms with Gasteiger partial charge in [-0.15, -0.1) is 0 Å². The molecule has 180 valence electrons. The Morgan fingerprint density at radius 2 is 2.09 bits per heavy atom. The maximum absolute atomic E-state index is 13.2. The normalized spacial score (nSPS) is 12.4. The molecular formula is C21H23BrClN7O3S. The summed E-state index contributed by atoms with van der Waals surface area (Å²) in [6.45, 7) is 0.961. The average molecular weight is 569 g/mol. The topological polar surface area (TPSA) is 144 Å². The first-order valence-electron chi connectivity index (χ1n) is 10.0. The van der Waals surface area contributed by atoms with Crippen molar-refractivity contribution >= 4 is 66.3 Å². The van der Waals surface area contributed by atoms with Crippen LogP contribution in [0.1, 0.15) is 12.8 Å². The number of pyridine rings is 1. The van der Waals surface area contributed by atoms with Crippen LogP contribution in [0, 0.1) is 0 Å². The number of urea groups is 1. The number of carbonyl (C=O) groups excluding carboxylic acids is 1. The number of nitrogen functional groups attached to an aromatic ring is 1. The Morgan fingerprint density at radius 1 is 1.26 bits per heavy atom. The van der Waals surface area contributed by atoms with Crippen LogP contribution in [-0.4, -0.2) is 44.2 Å². The van der Waals surface area contributed by atoms with Crippen LogP contribution in [0.3, 0.4) is 0 Å². The molecule has 1 aromatic carbocycles. The van der Waals surface area contributed by atoms with Crippen molar-refractivity contribution in [1.29, 1.82) is 0 Å². The van der Waals surface area contributed by atoms with Crippen molar-refractivity contribution in [3.63, 3.8) is 0 Å². The van der Waals surface area contributed by atoms with Gasteiger partial charge in [0.05, 0.1) is 37.6 Å². The van der Waals surface area contributed by atoms with Crippen molar-refractivity contribution in [3.8, 4) is 5.75 Å². The molecule has 0 spiro atoms. The molecule has 0 saturated carbocycles. The Labute approximate surface area is 211 Å². The van der Waals surface area contributed by atoms with Gasteiger partial charge in [0, 0.05) is 30.7 Å². The van der Waals surface area contributed by atoms with E-state index < -0.39 is 15.7 Å². The predicted octanol–water partition coefficient (Wildman–Crippen LogP) is 3.95. The minimum absolute atomic E-state index is 0.155. The molecule has 2 amide bonds. The van der Waals surface area contributed by atoms with E-state index in [9.17, 15) is 9.00 Å². The smallest absolute Gasteiger partial charge is 0.330 e. The summed E-state index contributed by atoms with van der Waals surface area (Å²) in [4.78, 5) is 24.4. The number of benzene rings is 1. The molecule has 2 aromatic heterocycles. The molecule has 0 aliphatic rings. The van der Waals surface area contributed by atoms with Gasteiger partial charge < -0.3 is 21.1 Å². The molecule has 0 saturated heterocycles. The second kappa shape index (κ2) is 11.9. The van der Waals surface area contributed by atoms with Crippen LogP contribution >= 0.6 is 27.5 Å². The van der Waals surface area contributed by atoms with Gasteiger partial charge in [-0.3, -0.25) is 9.71 Å². The second-order valence-corrected chi connectivity index (χ2v) is 10.2. The lowest BCUT2D eigenvalue weighted by Gasteiger charge is -2.17. The van der Waals surface area contributed by atoms with Gasteiger partial charge >= 0.3 is 6.03 Å². The van der Waals surface area contributed by atoms with E-state index in [0.717, 1.165) is 6.42 Å². The molecule has 0 radical (unpaired) electrons. The van der Waals surface area contributed by atoms with E-state index >= 15 is 0 Å². The first-order chi connectivity index (χ1) is 16.2. The van der Waals surface area contributed by atoms with Gasteiger partial charge in [0.25, 0.3) is 0 Å². The van der Waals surface area contributed by atoms with Crippen molar-refractivity contribution in [1.82, 2.24) is 19.7 Å². The highest BCUT2D eigenvalue weighted by atomic mass is 79.9. The van der Waals surface area contributed by atoms with Crippen LogP contribution in [0.4, 0.5) is 22.0 Å². The number of hydrogen-bond acceptors (Lipinski definition) is 8. The molecular weight excluding hydrogens is 546 g/mol. The standard InChI is InChI=1S/C21H23BrClN7O3S/c1-34(32,30-21(31)28-15-5-4-8-25-12-15)18-7-6-14(24)11-17(18)33-10-3-2-9-26-19-16(22)13-27-20(23)29-19/h4-8,11-13H,1-3,9-10,24H2,(H,26,27,29)(H2,28,30,31,32). The monoisotopic (exact) mass is 567 g/mol. The molecule has 13 heteroatoms. The van der Waals surface area contributed by atoms with Crippen LogP contribution in [-0.2, 0) is 9.71 Å². The number of amides is 2. The van der Waals surface area contributed by atoms with E-state index in [-0.39, 0.29) is 10.2 Å². The van der Waals surface area contributed by atoms with E-state index in [1.54, 1.807) is 36.7 Å². The number of unbranched alkanes of at least 4 members (excludes halogenated alkanes) is 1. The zero-order valence-corrected chi connectivity index (χ0v) is 21.1. The fourth-order valence-corrected chi connectivity index (χ4v) is 4.45. The Kier molecular flexibility index (Phi) is 8.91. The lowest BCUT2D eigenvalue weighted by Crippen LogP contribution is -2.34. The molecule has 0 fully saturated rings. The lowest BCUT2D eigenvalue weighted by atomic mass is 10.3. The molecule has 0 aliphatic heterocycles. The van der Waals surface area contributed by atoms with Gasteiger partial charge in [-0.25, -0.2) is 14.0 Å². The molecule has 1 atom stereocenters. The number of rotatable bonds is 10. The first kappa shape index (κ1) is 25.5. The number of nitrogens with zero attached hydrogens (tertiary/aromatic N) is 3. The number of hydrogen-bond donors (Lipinski definition) is 4. The number of halogens is 2. The number of carbonyl (C=O) groups is 1. The maximum Gasteiger partial charge on any atom is 0.330 e. The minimum atomic E-state index is -3.23. The van der Waals surface area contributed by atoms with Crippen molar-refractivity contribution < 1.29 is 13.7 Å². The molecule has 0 bridgehead atoms. The van der Waals surface area contributed by atoms with Gasteiger partial charge in [0.1, 0.15) is 11.6 Å². The Morgan fingerprint density at radius 3 is 2.85 bits per heavy atom. The molecule has 1 unspecified atom stereocenters. The molecule has 2 heterocycles. The van der Waals surface area contributed by atoms with Gasteiger partial charge in [-0.1, -0.05) is 0 Å². The van der Waals surface area contributed by atoms with Crippen LogP contribution in [0.15, 0.2) is 58.3 Å². The van der Waals surface area contributed by atoms with Crippen molar-refractivity contribution in [2.24, 2.45) is 0 Å². The Balaban J connectivity index is 1.55. The highest BCUT2D eigenvalue weighted by molar-refractivity contribution is 9.10. The van der Waals surface area contributed by atoms with Crippen LogP contribution in [0.2, 0.25) is 5.28 Å². The molecule has 5 N–H and O–H groups in total. The zero-order chi connectivity index (χ0) is 24.6. The average Bonchev–Trinajstić information content (AvgIpc) is 2.78. The zero-order valence-electron chi connectivity index (χ0n) is 18.0. The van der Waals surface area contributed by atoms with E-state index in [1.807, 2.05) is 0 Å². The van der Waals surface area contributed by atoms with E-state index in [1.165, 1.54) is 12.3 Å². The molecule has 34 heavy (non-hydrogen) atoms. The van der Waals surface area contributed by atoms with Gasteiger partial charge in [0.15, 0.2) is 0 Å². The summed E-state index contributed by atoms with van der Waals surface area (Å²) >= 11 is 9.17. The largest absolute Gasteiger partial charge is 0.492 e. The summed E-state index contributed by atoms with van der Waals surface area (Å²) in [6.07, 6.45) is 6.06. The van der Waals surface area contributed by atoms with Crippen LogP contribution < -0.4 is 25.8 Å². The van der Waals surface area contributed by atoms with Crippen LogP contribution in [0.25, 0.3) is 0 Å². The third-order valence-electron chi connectivity index (χ3n) is 4.34. The van der Waals surface area contributed by atoms with E-state index in [0.29, 0.717) is 47.0 Å². The first-order valence-corrected chi connectivity index (χ1v) is 12.9. The van der Waals surface area contributed by atoms with E-state index in [4.69, 9.17) is 22.1 Å². The highest BCUT2D eigenvalue weighted by Gasteiger charge is 2.17. The quantitative estimate of drug-likeness (QED) is 0.125. The SMILES string of the molecule is C=S(=O)(NC(=O)Nc1cccnc1)c1ccc(N)cc1OCCCCNc1nc(Cl)ncc1Br. The molecule has 10 nitrogen and oxygen atoms in total. The summed E-state index contributed by atoms with van der Waals surface area (Å²) in [5.41, 5.74) is 6.76. The van der Waals surface area contributed by atoms with Crippen molar-refractivity contribution in [2.75, 3.05) is 29.5 Å². The summed E-state index contributed by atoms with van der Waals surface area (Å²) in [5.74, 6) is 4.60. The maximum atomic E-state index is 13.2.